The summed E-state index contributed by atoms with van der Waals surface area (Å²) in [7, 11) is -2.28. The second kappa shape index (κ2) is 6.00. The van der Waals surface area contributed by atoms with Gasteiger partial charge in [0, 0.05) is 18.3 Å². The van der Waals surface area contributed by atoms with E-state index in [1.165, 1.54) is 13.1 Å². The van der Waals surface area contributed by atoms with Crippen LogP contribution < -0.4 is 10.0 Å². The maximum Gasteiger partial charge on any atom is 0.273 e. The van der Waals surface area contributed by atoms with Gasteiger partial charge in [-0.05, 0) is 25.1 Å². The van der Waals surface area contributed by atoms with Crippen LogP contribution in [0.2, 0.25) is 4.47 Å². The molecule has 0 bridgehead atoms. The third-order valence-corrected chi connectivity index (χ3v) is 5.83. The largest absolute Gasteiger partial charge is 0.355 e. The fourth-order valence-electron chi connectivity index (χ4n) is 1.67. The highest BCUT2D eigenvalue weighted by atomic mass is 35.5. The Morgan fingerprint density at radius 3 is 2.67 bits per heavy atom. The molecule has 9 heteroatoms. The van der Waals surface area contributed by atoms with Crippen LogP contribution in [0, 0.1) is 6.92 Å². The zero-order valence-electron chi connectivity index (χ0n) is 11.2. The lowest BCUT2D eigenvalue weighted by molar-refractivity contribution is 0.0963. The molecule has 0 saturated carbocycles. The molecule has 0 aliphatic rings. The predicted octanol–water partition coefficient (Wildman–Crippen LogP) is 2.27. The van der Waals surface area contributed by atoms with Gasteiger partial charge in [0.25, 0.3) is 15.9 Å². The van der Waals surface area contributed by atoms with Crippen molar-refractivity contribution in [2.75, 3.05) is 11.8 Å². The molecule has 0 radical (unpaired) electrons. The van der Waals surface area contributed by atoms with Crippen LogP contribution in [-0.2, 0) is 10.0 Å². The molecule has 0 aliphatic carbocycles. The summed E-state index contributed by atoms with van der Waals surface area (Å²) in [6.07, 6.45) is 0. The summed E-state index contributed by atoms with van der Waals surface area (Å²) in [4.78, 5) is 15.4. The van der Waals surface area contributed by atoms with Gasteiger partial charge in [-0.1, -0.05) is 29.0 Å². The maximum absolute atomic E-state index is 12.3. The second-order valence-electron chi connectivity index (χ2n) is 4.11. The highest BCUT2D eigenvalue weighted by Gasteiger charge is 2.21. The molecule has 112 valence electrons. The molecule has 0 spiro atoms. The zero-order chi connectivity index (χ0) is 15.6. The van der Waals surface area contributed by atoms with E-state index in [1.54, 1.807) is 25.1 Å². The summed E-state index contributed by atoms with van der Waals surface area (Å²) in [6, 6.07) is 6.19. The van der Waals surface area contributed by atoms with Gasteiger partial charge in [0.1, 0.15) is 0 Å². The van der Waals surface area contributed by atoms with E-state index in [9.17, 15) is 13.2 Å². The Morgan fingerprint density at radius 2 is 2.10 bits per heavy atom. The minimum Gasteiger partial charge on any atom is -0.355 e. The predicted molar refractivity (Wildman–Crippen MR) is 82.5 cm³/mol. The number of aryl methyl sites for hydroxylation is 1. The summed E-state index contributed by atoms with van der Waals surface area (Å²) in [5.41, 5.74) is 0.983. The van der Waals surface area contributed by atoms with Gasteiger partial charge in [-0.25, -0.2) is 13.4 Å². The second-order valence-corrected chi connectivity index (χ2v) is 7.56. The number of sulfonamides is 1. The molecule has 6 nitrogen and oxygen atoms in total. The van der Waals surface area contributed by atoms with Gasteiger partial charge in [0.15, 0.2) is 8.68 Å². The first-order valence-corrected chi connectivity index (χ1v) is 8.49. The number of carbonyl (C=O) groups excluding carboxylic acids is 1. The van der Waals surface area contributed by atoms with E-state index in [2.05, 4.69) is 15.0 Å². The minimum absolute atomic E-state index is 0.0536. The van der Waals surface area contributed by atoms with Crippen LogP contribution in [0.25, 0.3) is 0 Å². The molecule has 21 heavy (non-hydrogen) atoms. The van der Waals surface area contributed by atoms with E-state index in [4.69, 9.17) is 11.6 Å². The van der Waals surface area contributed by atoms with E-state index in [0.717, 1.165) is 11.3 Å². The maximum atomic E-state index is 12.3. The van der Waals surface area contributed by atoms with Crippen molar-refractivity contribution in [2.24, 2.45) is 0 Å². The number of hydrogen-bond acceptors (Lipinski definition) is 5. The fraction of sp³-hybridized carbons (Fsp3) is 0.167. The number of rotatable bonds is 4. The first kappa shape index (κ1) is 15.7. The molecule has 2 aromatic rings. The van der Waals surface area contributed by atoms with E-state index in [0.29, 0.717) is 16.9 Å². The summed E-state index contributed by atoms with van der Waals surface area (Å²) in [6.45, 7) is 1.57. The number of hydrogen-bond donors (Lipinski definition) is 2. The lowest BCUT2D eigenvalue weighted by atomic mass is 10.2. The first-order chi connectivity index (χ1) is 9.83. The molecule has 0 atom stereocenters. The summed E-state index contributed by atoms with van der Waals surface area (Å²) >= 11 is 6.60. The molecular weight excluding hydrogens is 334 g/mol. The van der Waals surface area contributed by atoms with Gasteiger partial charge in [-0.15, -0.1) is 0 Å². The zero-order valence-corrected chi connectivity index (χ0v) is 13.6. The average Bonchev–Trinajstić information content (AvgIpc) is 2.77. The SMILES string of the molecule is CNC(=O)c1cccc(NS(=O)(=O)c2sc(Cl)nc2C)c1. The quantitative estimate of drug-likeness (QED) is 0.889. The monoisotopic (exact) mass is 345 g/mol. The Hall–Kier alpha value is -1.64. The van der Waals surface area contributed by atoms with Gasteiger partial charge in [0.05, 0.1) is 5.69 Å². The highest BCUT2D eigenvalue weighted by Crippen LogP contribution is 2.28. The third-order valence-electron chi connectivity index (χ3n) is 2.58. The fourth-order valence-corrected chi connectivity index (χ4v) is 4.46. The highest BCUT2D eigenvalue weighted by molar-refractivity contribution is 7.94. The molecule has 0 saturated heterocycles. The minimum atomic E-state index is -3.78. The summed E-state index contributed by atoms with van der Waals surface area (Å²) in [5, 5.41) is 2.47. The smallest absolute Gasteiger partial charge is 0.273 e. The van der Waals surface area contributed by atoms with Crippen LogP contribution in [-0.4, -0.2) is 26.4 Å². The molecule has 1 aromatic carbocycles. The standard InChI is InChI=1S/C12H12ClN3O3S2/c1-7-11(20-12(13)15-7)21(18,19)16-9-5-3-4-8(6-9)10(17)14-2/h3-6,16H,1-2H3,(H,14,17). The molecule has 1 aromatic heterocycles. The first-order valence-electron chi connectivity index (χ1n) is 5.81. The number of anilines is 1. The molecule has 0 unspecified atom stereocenters. The Morgan fingerprint density at radius 1 is 1.38 bits per heavy atom. The number of nitrogens with zero attached hydrogens (tertiary/aromatic N) is 1. The van der Waals surface area contributed by atoms with E-state index in [-0.39, 0.29) is 14.6 Å². The molecular formula is C12H12ClN3O3S2. The molecule has 1 amide bonds. The summed E-state index contributed by atoms with van der Waals surface area (Å²) in [5.74, 6) is -0.298. The number of thiazole rings is 1. The van der Waals surface area contributed by atoms with Gasteiger partial charge in [-0.2, -0.15) is 0 Å². The Labute approximate surface area is 131 Å². The Kier molecular flexibility index (Phi) is 4.50. The van der Waals surface area contributed by atoms with Gasteiger partial charge >= 0.3 is 0 Å². The van der Waals surface area contributed by atoms with Crippen LogP contribution in [0.3, 0.4) is 0 Å². The van der Waals surface area contributed by atoms with Crippen molar-refractivity contribution < 1.29 is 13.2 Å². The van der Waals surface area contributed by atoms with Gasteiger partial charge in [-0.3, -0.25) is 9.52 Å². The lowest BCUT2D eigenvalue weighted by Crippen LogP contribution is -2.18. The average molecular weight is 346 g/mol. The number of carbonyl (C=O) groups is 1. The van der Waals surface area contributed by atoms with Crippen molar-refractivity contribution in [1.29, 1.82) is 0 Å². The van der Waals surface area contributed by atoms with Crippen molar-refractivity contribution in [3.63, 3.8) is 0 Å². The van der Waals surface area contributed by atoms with Crippen molar-refractivity contribution >= 4 is 44.6 Å². The molecule has 2 N–H and O–H groups in total. The molecule has 0 aliphatic heterocycles. The van der Waals surface area contributed by atoms with Crippen LogP contribution in [0.5, 0.6) is 0 Å². The Balaban J connectivity index is 2.33. The molecule has 2 rings (SSSR count). The van der Waals surface area contributed by atoms with Crippen LogP contribution in [0.4, 0.5) is 5.69 Å². The van der Waals surface area contributed by atoms with Crippen LogP contribution >= 0.6 is 22.9 Å². The van der Waals surface area contributed by atoms with Crippen LogP contribution in [0.15, 0.2) is 28.5 Å². The van der Waals surface area contributed by atoms with Crippen molar-refractivity contribution in [2.45, 2.75) is 11.1 Å². The topological polar surface area (TPSA) is 88.2 Å². The van der Waals surface area contributed by atoms with Crippen LogP contribution in [0.1, 0.15) is 16.1 Å². The number of halogens is 1. The lowest BCUT2D eigenvalue weighted by Gasteiger charge is -2.08. The number of benzene rings is 1. The van der Waals surface area contributed by atoms with Crippen molar-refractivity contribution in [1.82, 2.24) is 10.3 Å². The normalized spacial score (nSPS) is 11.2. The van der Waals surface area contributed by atoms with Gasteiger partial charge in [0.2, 0.25) is 0 Å². The van der Waals surface area contributed by atoms with Crippen molar-refractivity contribution in [3.8, 4) is 0 Å². The van der Waals surface area contributed by atoms with E-state index >= 15 is 0 Å². The third kappa shape index (κ3) is 3.52. The Bertz CT molecular complexity index is 787. The number of nitrogens with one attached hydrogen (secondary N) is 2. The van der Waals surface area contributed by atoms with E-state index < -0.39 is 10.0 Å². The molecule has 0 fully saturated rings. The van der Waals surface area contributed by atoms with Crippen molar-refractivity contribution in [3.05, 3.63) is 40.0 Å². The number of aromatic nitrogens is 1. The van der Waals surface area contributed by atoms with Gasteiger partial charge < -0.3 is 5.32 Å². The van der Waals surface area contributed by atoms with E-state index in [1.807, 2.05) is 0 Å². The molecule has 1 heterocycles. The number of amides is 1. The summed E-state index contributed by atoms with van der Waals surface area (Å²) < 4.78 is 27.2.